The Balaban J connectivity index is 1.82. The molecule has 0 aliphatic heterocycles. The molecule has 28 heavy (non-hydrogen) atoms. The highest BCUT2D eigenvalue weighted by atomic mass is 79.9. The van der Waals surface area contributed by atoms with Crippen LogP contribution >= 0.6 is 15.9 Å². The van der Waals surface area contributed by atoms with Gasteiger partial charge in [-0.1, -0.05) is 18.2 Å². The van der Waals surface area contributed by atoms with Gasteiger partial charge in [0.05, 0.1) is 29.9 Å². The van der Waals surface area contributed by atoms with Crippen LogP contribution in [0.1, 0.15) is 19.4 Å². The number of hydrogen-bond donors (Lipinski definition) is 1. The highest BCUT2D eigenvalue weighted by molar-refractivity contribution is 9.10. The van der Waals surface area contributed by atoms with Gasteiger partial charge in [0.25, 0.3) is 0 Å². The molecule has 0 saturated carbocycles. The van der Waals surface area contributed by atoms with Crippen LogP contribution in [0.3, 0.4) is 0 Å². The molecule has 0 aliphatic carbocycles. The summed E-state index contributed by atoms with van der Waals surface area (Å²) >= 11 is 3.43. The smallest absolute Gasteiger partial charge is 0.145 e. The number of imidazole rings is 1. The third-order valence-corrected chi connectivity index (χ3v) is 5.18. The number of aromatic nitrogens is 3. The summed E-state index contributed by atoms with van der Waals surface area (Å²) in [6, 6.07) is 16.0. The van der Waals surface area contributed by atoms with Crippen molar-refractivity contribution < 1.29 is 9.84 Å². The first-order chi connectivity index (χ1) is 13.4. The number of methoxy groups -OCH3 is 1. The van der Waals surface area contributed by atoms with E-state index in [1.807, 2.05) is 47.0 Å². The molecule has 4 aromatic rings. The van der Waals surface area contributed by atoms with E-state index in [0.29, 0.717) is 5.75 Å². The average molecular weight is 438 g/mol. The van der Waals surface area contributed by atoms with Crippen LogP contribution in [-0.2, 0) is 5.60 Å². The SMILES string of the molecule is COc1cnc(Br)cc1-c1cccc(-n2cnc3cc(C(C)(C)O)ccc32)c1. The van der Waals surface area contributed by atoms with E-state index < -0.39 is 5.60 Å². The van der Waals surface area contributed by atoms with Gasteiger partial charge < -0.3 is 9.84 Å². The van der Waals surface area contributed by atoms with Gasteiger partial charge in [-0.05, 0) is 71.2 Å². The number of halogens is 1. The number of benzene rings is 2. The van der Waals surface area contributed by atoms with E-state index in [4.69, 9.17) is 4.74 Å². The van der Waals surface area contributed by atoms with Gasteiger partial charge in [-0.25, -0.2) is 9.97 Å². The minimum atomic E-state index is -0.900. The van der Waals surface area contributed by atoms with Crippen LogP contribution in [0.4, 0.5) is 0 Å². The molecule has 0 saturated heterocycles. The Morgan fingerprint density at radius 2 is 1.89 bits per heavy atom. The molecule has 4 rings (SSSR count). The van der Waals surface area contributed by atoms with Gasteiger partial charge in [0.1, 0.15) is 16.7 Å². The van der Waals surface area contributed by atoms with Crippen molar-refractivity contribution in [1.82, 2.24) is 14.5 Å². The first kappa shape index (κ1) is 18.7. The number of hydrogen-bond acceptors (Lipinski definition) is 4. The van der Waals surface area contributed by atoms with Gasteiger partial charge in [0.15, 0.2) is 0 Å². The first-order valence-corrected chi connectivity index (χ1v) is 9.66. The zero-order chi connectivity index (χ0) is 19.9. The van der Waals surface area contributed by atoms with Gasteiger partial charge in [0, 0.05) is 11.3 Å². The zero-order valence-corrected chi connectivity index (χ0v) is 17.4. The molecular formula is C22H20BrN3O2. The van der Waals surface area contributed by atoms with Crippen molar-refractivity contribution in [3.63, 3.8) is 0 Å². The fraction of sp³-hybridized carbons (Fsp3) is 0.182. The monoisotopic (exact) mass is 437 g/mol. The molecule has 0 fully saturated rings. The van der Waals surface area contributed by atoms with Crippen LogP contribution in [0, 0.1) is 0 Å². The molecule has 2 aromatic heterocycles. The van der Waals surface area contributed by atoms with Crippen molar-refractivity contribution in [2.24, 2.45) is 0 Å². The molecule has 0 unspecified atom stereocenters. The van der Waals surface area contributed by atoms with Gasteiger partial charge in [-0.2, -0.15) is 0 Å². The van der Waals surface area contributed by atoms with E-state index in [-0.39, 0.29) is 0 Å². The quantitative estimate of drug-likeness (QED) is 0.451. The fourth-order valence-electron chi connectivity index (χ4n) is 3.23. The summed E-state index contributed by atoms with van der Waals surface area (Å²) in [5, 5.41) is 10.3. The zero-order valence-electron chi connectivity index (χ0n) is 15.8. The first-order valence-electron chi connectivity index (χ1n) is 8.87. The van der Waals surface area contributed by atoms with E-state index in [9.17, 15) is 5.11 Å². The highest BCUT2D eigenvalue weighted by Crippen LogP contribution is 2.33. The van der Waals surface area contributed by atoms with E-state index in [0.717, 1.165) is 38.0 Å². The molecule has 0 aliphatic rings. The number of nitrogens with zero attached hydrogens (tertiary/aromatic N) is 3. The third-order valence-electron chi connectivity index (χ3n) is 4.74. The van der Waals surface area contributed by atoms with Crippen LogP contribution < -0.4 is 4.74 Å². The molecule has 2 heterocycles. The lowest BCUT2D eigenvalue weighted by molar-refractivity contribution is 0.0787. The maximum absolute atomic E-state index is 10.3. The van der Waals surface area contributed by atoms with Crippen molar-refractivity contribution in [2.75, 3.05) is 7.11 Å². The topological polar surface area (TPSA) is 60.2 Å². The Kier molecular flexibility index (Phi) is 4.69. The standard InChI is InChI=1S/C22H20BrN3O2/c1-22(2,27)15-7-8-19-18(10-15)25-13-26(19)16-6-4-5-14(9-16)17-11-21(23)24-12-20(17)28-3/h4-13,27H,1-3H3. The molecule has 0 amide bonds. The van der Waals surface area contributed by atoms with Gasteiger partial charge >= 0.3 is 0 Å². The second kappa shape index (κ2) is 7.04. The van der Waals surface area contributed by atoms with Gasteiger partial charge in [0.2, 0.25) is 0 Å². The Bertz CT molecular complexity index is 1160. The van der Waals surface area contributed by atoms with E-state index in [1.54, 1.807) is 33.5 Å². The predicted molar refractivity (Wildman–Crippen MR) is 114 cm³/mol. The van der Waals surface area contributed by atoms with Crippen molar-refractivity contribution in [3.05, 3.63) is 71.2 Å². The number of fused-ring (bicyclic) bond motifs is 1. The van der Waals surface area contributed by atoms with E-state index >= 15 is 0 Å². The summed E-state index contributed by atoms with van der Waals surface area (Å²) in [5.74, 6) is 0.714. The summed E-state index contributed by atoms with van der Waals surface area (Å²) in [5.41, 5.74) is 4.73. The van der Waals surface area contributed by atoms with Gasteiger partial charge in [-0.15, -0.1) is 0 Å². The van der Waals surface area contributed by atoms with Crippen LogP contribution in [0.25, 0.3) is 27.8 Å². The Morgan fingerprint density at radius 3 is 2.64 bits per heavy atom. The fourth-order valence-corrected chi connectivity index (χ4v) is 3.56. The predicted octanol–water partition coefficient (Wildman–Crippen LogP) is 5.09. The molecule has 5 nitrogen and oxygen atoms in total. The number of ether oxygens (including phenoxy) is 1. The largest absolute Gasteiger partial charge is 0.494 e. The third kappa shape index (κ3) is 3.41. The second-order valence-electron chi connectivity index (χ2n) is 7.13. The maximum atomic E-state index is 10.3. The minimum Gasteiger partial charge on any atom is -0.494 e. The van der Waals surface area contributed by atoms with Crippen LogP contribution in [0.2, 0.25) is 0 Å². The minimum absolute atomic E-state index is 0.714. The normalized spacial score (nSPS) is 11.8. The summed E-state index contributed by atoms with van der Waals surface area (Å²) in [7, 11) is 1.64. The lowest BCUT2D eigenvalue weighted by Gasteiger charge is -2.17. The second-order valence-corrected chi connectivity index (χ2v) is 7.95. The molecule has 2 aromatic carbocycles. The summed E-state index contributed by atoms with van der Waals surface area (Å²) in [4.78, 5) is 8.76. The number of rotatable bonds is 4. The lowest BCUT2D eigenvalue weighted by Crippen LogP contribution is -2.15. The Labute approximate surface area is 171 Å². The van der Waals surface area contributed by atoms with Crippen molar-refractivity contribution >= 4 is 27.0 Å². The molecule has 0 spiro atoms. The number of aliphatic hydroxyl groups is 1. The molecular weight excluding hydrogens is 418 g/mol. The molecule has 0 radical (unpaired) electrons. The molecule has 6 heteroatoms. The van der Waals surface area contributed by atoms with Crippen LogP contribution in [-0.4, -0.2) is 26.8 Å². The number of pyridine rings is 1. The van der Waals surface area contributed by atoms with Crippen molar-refractivity contribution in [2.45, 2.75) is 19.4 Å². The molecule has 1 N–H and O–H groups in total. The maximum Gasteiger partial charge on any atom is 0.145 e. The summed E-state index contributed by atoms with van der Waals surface area (Å²) in [6.45, 7) is 3.55. The van der Waals surface area contributed by atoms with E-state index in [2.05, 4.69) is 32.0 Å². The molecule has 0 atom stereocenters. The Hall–Kier alpha value is -2.70. The lowest BCUT2D eigenvalue weighted by atomic mass is 9.98. The molecule has 0 bridgehead atoms. The van der Waals surface area contributed by atoms with Crippen LogP contribution in [0.5, 0.6) is 5.75 Å². The van der Waals surface area contributed by atoms with Crippen molar-refractivity contribution in [3.8, 4) is 22.6 Å². The van der Waals surface area contributed by atoms with Crippen LogP contribution in [0.15, 0.2) is 65.7 Å². The van der Waals surface area contributed by atoms with E-state index in [1.165, 1.54) is 0 Å². The Morgan fingerprint density at radius 1 is 1.07 bits per heavy atom. The molecule has 142 valence electrons. The summed E-state index contributed by atoms with van der Waals surface area (Å²) in [6.07, 6.45) is 3.51. The summed E-state index contributed by atoms with van der Waals surface area (Å²) < 4.78 is 8.26. The average Bonchev–Trinajstić information content (AvgIpc) is 3.10. The van der Waals surface area contributed by atoms with Gasteiger partial charge in [-0.3, -0.25) is 4.57 Å². The highest BCUT2D eigenvalue weighted by Gasteiger charge is 2.17. The van der Waals surface area contributed by atoms with Crippen molar-refractivity contribution in [1.29, 1.82) is 0 Å².